The molecule has 1 aliphatic rings. The van der Waals surface area contributed by atoms with Crippen molar-refractivity contribution in [3.63, 3.8) is 0 Å². The summed E-state index contributed by atoms with van der Waals surface area (Å²) in [5, 5.41) is 4.03. The van der Waals surface area contributed by atoms with Gasteiger partial charge in [-0.3, -0.25) is 4.90 Å². The number of rotatable bonds is 5. The highest BCUT2D eigenvalue weighted by Crippen LogP contribution is 2.27. The van der Waals surface area contributed by atoms with Gasteiger partial charge in [-0.1, -0.05) is 5.16 Å². The van der Waals surface area contributed by atoms with Crippen molar-refractivity contribution < 1.29 is 4.52 Å². The van der Waals surface area contributed by atoms with Gasteiger partial charge in [-0.15, -0.1) is 0 Å². The molecule has 3 aromatic heterocycles. The maximum Gasteiger partial charge on any atom is 0.143 e. The Morgan fingerprint density at radius 3 is 2.59 bits per heavy atom. The second kappa shape index (κ2) is 7.60. The van der Waals surface area contributed by atoms with E-state index in [1.807, 2.05) is 31.8 Å². The van der Waals surface area contributed by atoms with Gasteiger partial charge in [0.15, 0.2) is 0 Å². The number of nitrogens with zero attached hydrogens (tertiary/aromatic N) is 6. The van der Waals surface area contributed by atoms with E-state index >= 15 is 0 Å². The van der Waals surface area contributed by atoms with Crippen LogP contribution in [0.4, 0.5) is 0 Å². The molecule has 1 aliphatic heterocycles. The molecule has 0 aromatic carbocycles. The lowest BCUT2D eigenvalue weighted by Crippen LogP contribution is -2.34. The van der Waals surface area contributed by atoms with Crippen LogP contribution >= 0.6 is 0 Å². The van der Waals surface area contributed by atoms with Crippen LogP contribution in [0.3, 0.4) is 0 Å². The van der Waals surface area contributed by atoms with Gasteiger partial charge in [0.05, 0.1) is 29.0 Å². The minimum Gasteiger partial charge on any atom is -0.361 e. The summed E-state index contributed by atoms with van der Waals surface area (Å²) in [6.07, 6.45) is 9.01. The molecule has 0 bridgehead atoms. The van der Waals surface area contributed by atoms with Crippen molar-refractivity contribution in [2.24, 2.45) is 13.0 Å². The molecule has 4 rings (SSSR count). The first-order valence-electron chi connectivity index (χ1n) is 9.52. The lowest BCUT2D eigenvalue weighted by Gasteiger charge is -2.31. The van der Waals surface area contributed by atoms with Gasteiger partial charge in [-0.25, -0.2) is 15.0 Å². The number of likely N-dealkylation sites (tertiary alicyclic amines) is 1. The third-order valence-electron chi connectivity index (χ3n) is 5.36. The molecule has 0 amide bonds. The van der Waals surface area contributed by atoms with Crippen LogP contribution in [0.5, 0.6) is 0 Å². The average molecular weight is 366 g/mol. The predicted octanol–water partition coefficient (Wildman–Crippen LogP) is 2.94. The van der Waals surface area contributed by atoms with Crippen molar-refractivity contribution in [3.05, 3.63) is 47.8 Å². The molecular weight excluding hydrogens is 340 g/mol. The van der Waals surface area contributed by atoms with Crippen LogP contribution in [0.15, 0.2) is 29.4 Å². The standard InChI is InChI=1S/C20H26N6O/c1-14-20(15(2)27-24-14)19-9-17(21-12-22-19)8-16-4-6-26(7-5-16)11-18-10-25(3)13-23-18/h9-10,12-13,16H,4-8,11H2,1-3H3. The zero-order valence-corrected chi connectivity index (χ0v) is 16.2. The van der Waals surface area contributed by atoms with Gasteiger partial charge in [0, 0.05) is 25.5 Å². The first-order chi connectivity index (χ1) is 13.1. The highest BCUT2D eigenvalue weighted by molar-refractivity contribution is 5.63. The van der Waals surface area contributed by atoms with Crippen LogP contribution in [0.2, 0.25) is 0 Å². The lowest BCUT2D eigenvalue weighted by molar-refractivity contribution is 0.175. The topological polar surface area (TPSA) is 72.9 Å². The van der Waals surface area contributed by atoms with Crippen LogP contribution in [-0.4, -0.2) is 42.7 Å². The van der Waals surface area contributed by atoms with Crippen LogP contribution in [0, 0.1) is 19.8 Å². The molecule has 3 aromatic rings. The summed E-state index contributed by atoms with van der Waals surface area (Å²) in [6.45, 7) is 7.04. The summed E-state index contributed by atoms with van der Waals surface area (Å²) in [7, 11) is 2.02. The molecule has 1 fully saturated rings. The Labute approximate surface area is 159 Å². The zero-order valence-electron chi connectivity index (χ0n) is 16.2. The van der Waals surface area contributed by atoms with Crippen molar-refractivity contribution in [2.45, 2.75) is 39.7 Å². The number of hydrogen-bond acceptors (Lipinski definition) is 6. The van der Waals surface area contributed by atoms with E-state index in [2.05, 4.69) is 37.3 Å². The number of aryl methyl sites for hydroxylation is 3. The van der Waals surface area contributed by atoms with Gasteiger partial charge in [-0.05, 0) is 58.2 Å². The fourth-order valence-corrected chi connectivity index (χ4v) is 3.92. The summed E-state index contributed by atoms with van der Waals surface area (Å²) < 4.78 is 7.29. The van der Waals surface area contributed by atoms with Crippen LogP contribution in [0.25, 0.3) is 11.3 Å². The Bertz CT molecular complexity index is 887. The molecule has 0 radical (unpaired) electrons. The monoisotopic (exact) mass is 366 g/mol. The van der Waals surface area contributed by atoms with E-state index in [1.54, 1.807) is 6.33 Å². The summed E-state index contributed by atoms with van der Waals surface area (Å²) in [4.78, 5) is 15.9. The fourth-order valence-electron chi connectivity index (χ4n) is 3.92. The molecule has 0 saturated carbocycles. The number of piperidine rings is 1. The highest BCUT2D eigenvalue weighted by Gasteiger charge is 2.21. The van der Waals surface area contributed by atoms with E-state index < -0.39 is 0 Å². The second-order valence-corrected chi connectivity index (χ2v) is 7.55. The largest absolute Gasteiger partial charge is 0.361 e. The highest BCUT2D eigenvalue weighted by atomic mass is 16.5. The number of hydrogen-bond donors (Lipinski definition) is 0. The van der Waals surface area contributed by atoms with Crippen molar-refractivity contribution in [1.82, 2.24) is 29.6 Å². The first kappa shape index (κ1) is 17.9. The van der Waals surface area contributed by atoms with Gasteiger partial charge in [0.25, 0.3) is 0 Å². The van der Waals surface area contributed by atoms with E-state index in [-0.39, 0.29) is 0 Å². The summed E-state index contributed by atoms with van der Waals surface area (Å²) in [5.74, 6) is 1.47. The Morgan fingerprint density at radius 2 is 1.93 bits per heavy atom. The van der Waals surface area contributed by atoms with Gasteiger partial charge in [-0.2, -0.15) is 0 Å². The minimum atomic E-state index is 0.664. The normalized spacial score (nSPS) is 16.1. The van der Waals surface area contributed by atoms with Crippen LogP contribution in [0.1, 0.15) is 35.7 Å². The van der Waals surface area contributed by atoms with Crippen molar-refractivity contribution in [2.75, 3.05) is 13.1 Å². The smallest absolute Gasteiger partial charge is 0.143 e. The van der Waals surface area contributed by atoms with Crippen molar-refractivity contribution >= 4 is 0 Å². The van der Waals surface area contributed by atoms with E-state index in [9.17, 15) is 0 Å². The van der Waals surface area contributed by atoms with Gasteiger partial charge < -0.3 is 9.09 Å². The third-order valence-corrected chi connectivity index (χ3v) is 5.36. The maximum absolute atomic E-state index is 5.28. The molecule has 0 spiro atoms. The van der Waals surface area contributed by atoms with Crippen LogP contribution < -0.4 is 0 Å². The third kappa shape index (κ3) is 4.08. The molecule has 1 saturated heterocycles. The molecular formula is C20H26N6O. The summed E-state index contributed by atoms with van der Waals surface area (Å²) in [5.41, 5.74) is 5.02. The Balaban J connectivity index is 1.36. The molecule has 4 heterocycles. The quantitative estimate of drug-likeness (QED) is 0.691. The minimum absolute atomic E-state index is 0.664. The predicted molar refractivity (Wildman–Crippen MR) is 102 cm³/mol. The second-order valence-electron chi connectivity index (χ2n) is 7.55. The van der Waals surface area contributed by atoms with Gasteiger partial charge in [0.1, 0.15) is 12.1 Å². The van der Waals surface area contributed by atoms with Crippen molar-refractivity contribution in [1.29, 1.82) is 0 Å². The zero-order chi connectivity index (χ0) is 18.8. The fraction of sp³-hybridized carbons (Fsp3) is 0.500. The number of imidazole rings is 1. The van der Waals surface area contributed by atoms with Crippen LogP contribution in [-0.2, 0) is 20.0 Å². The molecule has 0 atom stereocenters. The first-order valence-corrected chi connectivity index (χ1v) is 9.52. The molecule has 27 heavy (non-hydrogen) atoms. The average Bonchev–Trinajstić information content (AvgIpc) is 3.22. The molecule has 0 aliphatic carbocycles. The molecule has 142 valence electrons. The molecule has 0 unspecified atom stereocenters. The maximum atomic E-state index is 5.28. The summed E-state index contributed by atoms with van der Waals surface area (Å²) >= 11 is 0. The molecule has 7 heteroatoms. The SMILES string of the molecule is Cc1noc(C)c1-c1cc(CC2CCN(Cc3cn(C)cn3)CC2)ncn1. The molecule has 0 N–H and O–H groups in total. The Morgan fingerprint density at radius 1 is 1.11 bits per heavy atom. The Kier molecular flexibility index (Phi) is 5.03. The number of aromatic nitrogens is 5. The van der Waals surface area contributed by atoms with E-state index in [0.717, 1.165) is 60.2 Å². The lowest BCUT2D eigenvalue weighted by atomic mass is 9.91. The Hall–Kier alpha value is -2.54. The van der Waals surface area contributed by atoms with Gasteiger partial charge >= 0.3 is 0 Å². The van der Waals surface area contributed by atoms with E-state index in [4.69, 9.17) is 4.52 Å². The van der Waals surface area contributed by atoms with E-state index in [0.29, 0.717) is 5.92 Å². The molecule has 7 nitrogen and oxygen atoms in total. The van der Waals surface area contributed by atoms with Gasteiger partial charge in [0.2, 0.25) is 0 Å². The van der Waals surface area contributed by atoms with Crippen molar-refractivity contribution in [3.8, 4) is 11.3 Å². The van der Waals surface area contributed by atoms with E-state index in [1.165, 1.54) is 12.8 Å². The summed E-state index contributed by atoms with van der Waals surface area (Å²) in [6, 6.07) is 2.09.